The summed E-state index contributed by atoms with van der Waals surface area (Å²) < 4.78 is 0. The first kappa shape index (κ1) is 11.9. The van der Waals surface area contributed by atoms with Gasteiger partial charge in [0.25, 0.3) is 0 Å². The average molecular weight is 240 g/mol. The lowest BCUT2D eigenvalue weighted by Crippen LogP contribution is -2.27. The van der Waals surface area contributed by atoms with Gasteiger partial charge in [0.05, 0.1) is 5.60 Å². The predicted molar refractivity (Wildman–Crippen MR) is 66.8 cm³/mol. The van der Waals surface area contributed by atoms with Crippen molar-refractivity contribution in [2.45, 2.75) is 31.8 Å². The van der Waals surface area contributed by atoms with Gasteiger partial charge in [-0.3, -0.25) is 0 Å². The van der Waals surface area contributed by atoms with Crippen molar-refractivity contribution in [1.82, 2.24) is 5.32 Å². The van der Waals surface area contributed by atoms with Crippen molar-refractivity contribution < 1.29 is 5.11 Å². The van der Waals surface area contributed by atoms with Crippen LogP contribution in [0.2, 0.25) is 5.02 Å². The Balaban J connectivity index is 2.29. The van der Waals surface area contributed by atoms with E-state index >= 15 is 0 Å². The van der Waals surface area contributed by atoms with Gasteiger partial charge in [-0.1, -0.05) is 23.7 Å². The van der Waals surface area contributed by atoms with Gasteiger partial charge in [-0.2, -0.15) is 0 Å². The lowest BCUT2D eigenvalue weighted by Gasteiger charge is -2.27. The maximum absolute atomic E-state index is 10.6. The van der Waals surface area contributed by atoms with Crippen LogP contribution in [0.3, 0.4) is 0 Å². The Morgan fingerprint density at radius 3 is 2.88 bits per heavy atom. The number of halogens is 1. The second-order valence-corrected chi connectivity index (χ2v) is 5.01. The standard InChI is InChI=1S/C13H18ClNO/c1-10-3-4-11(9-12(10)14)13(16)5-2-7-15-8-6-13/h3-4,9,15-16H,2,5-8H2,1H3. The third-order valence-electron chi connectivity index (χ3n) is 3.37. The molecule has 0 spiro atoms. The SMILES string of the molecule is Cc1ccc(C2(O)CCCNCC2)cc1Cl. The van der Waals surface area contributed by atoms with E-state index in [0.717, 1.165) is 48.5 Å². The van der Waals surface area contributed by atoms with Crippen LogP contribution in [-0.4, -0.2) is 18.2 Å². The normalized spacial score (nSPS) is 26.4. The second kappa shape index (κ2) is 4.74. The van der Waals surface area contributed by atoms with Crippen LogP contribution in [0.1, 0.15) is 30.4 Å². The first-order chi connectivity index (χ1) is 7.62. The smallest absolute Gasteiger partial charge is 0.0909 e. The largest absolute Gasteiger partial charge is 0.385 e. The van der Waals surface area contributed by atoms with Crippen molar-refractivity contribution in [3.8, 4) is 0 Å². The topological polar surface area (TPSA) is 32.3 Å². The number of aryl methyl sites for hydroxylation is 1. The van der Waals surface area contributed by atoms with Gasteiger partial charge in [0.1, 0.15) is 0 Å². The van der Waals surface area contributed by atoms with Gasteiger partial charge in [0.15, 0.2) is 0 Å². The van der Waals surface area contributed by atoms with Crippen LogP contribution >= 0.6 is 11.6 Å². The highest BCUT2D eigenvalue weighted by molar-refractivity contribution is 6.31. The average Bonchev–Trinajstić information content (AvgIpc) is 2.48. The summed E-state index contributed by atoms with van der Waals surface area (Å²) in [6, 6.07) is 5.88. The van der Waals surface area contributed by atoms with Gasteiger partial charge < -0.3 is 10.4 Å². The molecule has 0 saturated carbocycles. The van der Waals surface area contributed by atoms with E-state index in [4.69, 9.17) is 11.6 Å². The molecule has 1 aromatic carbocycles. The van der Waals surface area contributed by atoms with Crippen LogP contribution < -0.4 is 5.32 Å². The van der Waals surface area contributed by atoms with Crippen LogP contribution in [0, 0.1) is 6.92 Å². The summed E-state index contributed by atoms with van der Waals surface area (Å²) in [5.41, 5.74) is 1.30. The zero-order valence-corrected chi connectivity index (χ0v) is 10.3. The van der Waals surface area contributed by atoms with Crippen LogP contribution in [0.25, 0.3) is 0 Å². The third-order valence-corrected chi connectivity index (χ3v) is 3.78. The fourth-order valence-electron chi connectivity index (χ4n) is 2.22. The summed E-state index contributed by atoms with van der Waals surface area (Å²) in [6.45, 7) is 3.83. The molecule has 1 aliphatic rings. The Morgan fingerprint density at radius 2 is 2.12 bits per heavy atom. The minimum absolute atomic E-state index is 0.707. The molecule has 1 fully saturated rings. The van der Waals surface area contributed by atoms with Crippen LogP contribution in [0.4, 0.5) is 0 Å². The lowest BCUT2D eigenvalue weighted by molar-refractivity contribution is 0.0240. The molecule has 2 rings (SSSR count). The number of benzene rings is 1. The number of rotatable bonds is 1. The Morgan fingerprint density at radius 1 is 1.31 bits per heavy atom. The van der Waals surface area contributed by atoms with Gasteiger partial charge >= 0.3 is 0 Å². The molecule has 0 aromatic heterocycles. The zero-order chi connectivity index (χ0) is 11.6. The van der Waals surface area contributed by atoms with E-state index in [1.807, 2.05) is 25.1 Å². The van der Waals surface area contributed by atoms with E-state index in [2.05, 4.69) is 5.32 Å². The van der Waals surface area contributed by atoms with Crippen LogP contribution in [0.15, 0.2) is 18.2 Å². The Bertz CT molecular complexity index is 370. The second-order valence-electron chi connectivity index (χ2n) is 4.60. The summed E-state index contributed by atoms with van der Waals surface area (Å²) in [4.78, 5) is 0. The molecule has 0 bridgehead atoms. The summed E-state index contributed by atoms with van der Waals surface area (Å²) in [5, 5.41) is 14.7. The van der Waals surface area contributed by atoms with Gasteiger partial charge in [0, 0.05) is 5.02 Å². The van der Waals surface area contributed by atoms with Crippen molar-refractivity contribution in [1.29, 1.82) is 0 Å². The molecule has 1 saturated heterocycles. The van der Waals surface area contributed by atoms with Gasteiger partial charge in [0.2, 0.25) is 0 Å². The molecule has 1 aromatic rings. The van der Waals surface area contributed by atoms with Gasteiger partial charge in [-0.05, 0) is 56.5 Å². The maximum atomic E-state index is 10.6. The molecule has 1 heterocycles. The Hall–Kier alpha value is -0.570. The molecular formula is C13H18ClNO. The number of aliphatic hydroxyl groups is 1. The summed E-state index contributed by atoms with van der Waals surface area (Å²) in [7, 11) is 0. The molecule has 1 atom stereocenters. The van der Waals surface area contributed by atoms with E-state index in [0.29, 0.717) is 0 Å². The van der Waals surface area contributed by atoms with Crippen molar-refractivity contribution in [3.63, 3.8) is 0 Å². The van der Waals surface area contributed by atoms with Gasteiger partial charge in [-0.15, -0.1) is 0 Å². The fraction of sp³-hybridized carbons (Fsp3) is 0.538. The molecule has 16 heavy (non-hydrogen) atoms. The highest BCUT2D eigenvalue weighted by Crippen LogP contribution is 2.33. The van der Waals surface area contributed by atoms with E-state index in [1.165, 1.54) is 0 Å². The van der Waals surface area contributed by atoms with Crippen LogP contribution in [-0.2, 0) is 5.60 Å². The molecular weight excluding hydrogens is 222 g/mol. The van der Waals surface area contributed by atoms with E-state index < -0.39 is 5.60 Å². The minimum atomic E-state index is -0.707. The first-order valence-corrected chi connectivity index (χ1v) is 6.19. The number of hydrogen-bond donors (Lipinski definition) is 2. The van der Waals surface area contributed by atoms with Crippen molar-refractivity contribution in [2.24, 2.45) is 0 Å². The summed E-state index contributed by atoms with van der Waals surface area (Å²) in [5.74, 6) is 0. The summed E-state index contributed by atoms with van der Waals surface area (Å²) in [6.07, 6.45) is 2.56. The highest BCUT2D eigenvalue weighted by atomic mass is 35.5. The molecule has 1 unspecified atom stereocenters. The minimum Gasteiger partial charge on any atom is -0.385 e. The molecule has 0 amide bonds. The van der Waals surface area contributed by atoms with E-state index in [9.17, 15) is 5.11 Å². The monoisotopic (exact) mass is 239 g/mol. The van der Waals surface area contributed by atoms with Crippen molar-refractivity contribution in [2.75, 3.05) is 13.1 Å². The van der Waals surface area contributed by atoms with Crippen LogP contribution in [0.5, 0.6) is 0 Å². The molecule has 1 aliphatic heterocycles. The number of nitrogens with one attached hydrogen (secondary N) is 1. The Kier molecular flexibility index (Phi) is 3.53. The number of hydrogen-bond acceptors (Lipinski definition) is 2. The third kappa shape index (κ3) is 2.40. The fourth-order valence-corrected chi connectivity index (χ4v) is 2.40. The Labute approximate surface area is 102 Å². The molecule has 3 heteroatoms. The lowest BCUT2D eigenvalue weighted by atomic mass is 9.86. The molecule has 2 N–H and O–H groups in total. The molecule has 0 radical (unpaired) electrons. The molecule has 0 aliphatic carbocycles. The van der Waals surface area contributed by atoms with Gasteiger partial charge in [-0.25, -0.2) is 0 Å². The van der Waals surface area contributed by atoms with Crippen molar-refractivity contribution in [3.05, 3.63) is 34.3 Å². The molecule has 88 valence electrons. The zero-order valence-electron chi connectivity index (χ0n) is 9.59. The highest BCUT2D eigenvalue weighted by Gasteiger charge is 2.30. The van der Waals surface area contributed by atoms with E-state index in [1.54, 1.807) is 0 Å². The maximum Gasteiger partial charge on any atom is 0.0909 e. The molecule has 2 nitrogen and oxygen atoms in total. The van der Waals surface area contributed by atoms with Crippen molar-refractivity contribution >= 4 is 11.6 Å². The first-order valence-electron chi connectivity index (χ1n) is 5.81. The predicted octanol–water partition coefficient (Wildman–Crippen LogP) is 2.61. The summed E-state index contributed by atoms with van der Waals surface area (Å²) >= 11 is 6.11. The van der Waals surface area contributed by atoms with E-state index in [-0.39, 0.29) is 0 Å². The quantitative estimate of drug-likeness (QED) is 0.790.